The van der Waals surface area contributed by atoms with Crippen molar-refractivity contribution in [3.8, 4) is 0 Å². The summed E-state index contributed by atoms with van der Waals surface area (Å²) in [5, 5.41) is 3.37. The fraction of sp³-hybridized carbons (Fsp3) is 0.933. The van der Waals surface area contributed by atoms with Crippen molar-refractivity contribution in [1.82, 2.24) is 15.1 Å². The van der Waals surface area contributed by atoms with Gasteiger partial charge in [0.05, 0.1) is 13.2 Å². The van der Waals surface area contributed by atoms with Crippen molar-refractivity contribution in [1.29, 1.82) is 0 Å². The van der Waals surface area contributed by atoms with Crippen LogP contribution in [0.3, 0.4) is 0 Å². The minimum atomic E-state index is -0.434. The van der Waals surface area contributed by atoms with Gasteiger partial charge >= 0.3 is 6.09 Å². The molecule has 1 rings (SSSR count). The van der Waals surface area contributed by atoms with E-state index in [2.05, 4.69) is 10.2 Å². The molecule has 0 spiro atoms. The van der Waals surface area contributed by atoms with E-state index in [0.29, 0.717) is 6.54 Å². The third kappa shape index (κ3) is 8.90. The second-order valence-electron chi connectivity index (χ2n) is 6.46. The van der Waals surface area contributed by atoms with Crippen molar-refractivity contribution >= 4 is 6.09 Å². The molecule has 6 heteroatoms. The zero-order valence-corrected chi connectivity index (χ0v) is 14.0. The lowest BCUT2D eigenvalue weighted by molar-refractivity contribution is 0.0300. The van der Waals surface area contributed by atoms with Gasteiger partial charge in [-0.15, -0.1) is 0 Å². The van der Waals surface area contributed by atoms with Crippen LogP contribution >= 0.6 is 0 Å². The van der Waals surface area contributed by atoms with E-state index in [1.54, 1.807) is 11.9 Å². The Kier molecular flexibility index (Phi) is 8.00. The lowest BCUT2D eigenvalue weighted by atomic mass is 10.2. The second-order valence-corrected chi connectivity index (χ2v) is 6.46. The average Bonchev–Trinajstić information content (AvgIpc) is 2.41. The maximum Gasteiger partial charge on any atom is 0.410 e. The van der Waals surface area contributed by atoms with Gasteiger partial charge in [0.1, 0.15) is 5.60 Å². The molecule has 0 radical (unpaired) electrons. The van der Waals surface area contributed by atoms with Crippen molar-refractivity contribution in [3.05, 3.63) is 0 Å². The normalized spacial score (nSPS) is 16.8. The Bertz CT molecular complexity index is 299. The van der Waals surface area contributed by atoms with E-state index < -0.39 is 5.60 Å². The molecule has 21 heavy (non-hydrogen) atoms. The molecule has 0 saturated carbocycles. The molecule has 124 valence electrons. The SMILES string of the molecule is CN(CCNCCCN1CCOCC1)C(=O)OC(C)(C)C. The molecule has 0 aromatic heterocycles. The maximum atomic E-state index is 11.7. The molecular weight excluding hydrogens is 270 g/mol. The van der Waals surface area contributed by atoms with E-state index in [9.17, 15) is 4.79 Å². The van der Waals surface area contributed by atoms with E-state index in [-0.39, 0.29) is 6.09 Å². The summed E-state index contributed by atoms with van der Waals surface area (Å²) in [7, 11) is 1.77. The first-order valence-electron chi connectivity index (χ1n) is 7.83. The molecule has 1 aliphatic heterocycles. The lowest BCUT2D eigenvalue weighted by Gasteiger charge is -2.26. The monoisotopic (exact) mass is 301 g/mol. The van der Waals surface area contributed by atoms with Gasteiger partial charge in [0.2, 0.25) is 0 Å². The molecule has 0 aromatic rings. The highest BCUT2D eigenvalue weighted by atomic mass is 16.6. The molecule has 6 nitrogen and oxygen atoms in total. The molecule has 0 unspecified atom stereocenters. The van der Waals surface area contributed by atoms with Crippen LogP contribution in [0, 0.1) is 0 Å². The zero-order chi connectivity index (χ0) is 15.7. The average molecular weight is 301 g/mol. The number of amides is 1. The number of hydrogen-bond acceptors (Lipinski definition) is 5. The number of carbonyl (C=O) groups excluding carboxylic acids is 1. The second kappa shape index (κ2) is 9.23. The first-order valence-corrected chi connectivity index (χ1v) is 7.83. The number of likely N-dealkylation sites (N-methyl/N-ethyl adjacent to an activating group) is 1. The number of ether oxygens (including phenoxy) is 2. The Balaban J connectivity index is 1.99. The number of nitrogens with one attached hydrogen (secondary N) is 1. The van der Waals surface area contributed by atoms with Gasteiger partial charge in [-0.3, -0.25) is 4.90 Å². The summed E-state index contributed by atoms with van der Waals surface area (Å²) >= 11 is 0. The number of carbonyl (C=O) groups is 1. The van der Waals surface area contributed by atoms with Crippen LogP contribution in [0.2, 0.25) is 0 Å². The summed E-state index contributed by atoms with van der Waals surface area (Å²) in [5.41, 5.74) is -0.434. The minimum absolute atomic E-state index is 0.266. The van der Waals surface area contributed by atoms with Gasteiger partial charge < -0.3 is 19.7 Å². The molecule has 1 aliphatic rings. The Morgan fingerprint density at radius 1 is 1.29 bits per heavy atom. The van der Waals surface area contributed by atoms with Gasteiger partial charge in [0.15, 0.2) is 0 Å². The van der Waals surface area contributed by atoms with Crippen LogP contribution in [-0.2, 0) is 9.47 Å². The first-order chi connectivity index (χ1) is 9.88. The van der Waals surface area contributed by atoms with Gasteiger partial charge in [-0.1, -0.05) is 0 Å². The molecular formula is C15H31N3O3. The predicted octanol–water partition coefficient (Wildman–Crippen LogP) is 1.17. The van der Waals surface area contributed by atoms with E-state index >= 15 is 0 Å². The number of hydrogen-bond donors (Lipinski definition) is 1. The molecule has 1 saturated heterocycles. The molecule has 1 N–H and O–H groups in total. The van der Waals surface area contributed by atoms with Crippen molar-refractivity contribution in [2.75, 3.05) is 59.5 Å². The quantitative estimate of drug-likeness (QED) is 0.715. The van der Waals surface area contributed by atoms with Crippen molar-refractivity contribution in [2.45, 2.75) is 32.8 Å². The number of rotatable bonds is 7. The standard InChI is InChI=1S/C15H31N3O3/c1-15(2,3)21-14(19)17(4)9-7-16-6-5-8-18-10-12-20-13-11-18/h16H,5-13H2,1-4H3. The minimum Gasteiger partial charge on any atom is -0.444 e. The van der Waals surface area contributed by atoms with Crippen LogP contribution in [0.1, 0.15) is 27.2 Å². The summed E-state index contributed by atoms with van der Waals surface area (Å²) in [4.78, 5) is 15.8. The van der Waals surface area contributed by atoms with E-state index in [1.807, 2.05) is 20.8 Å². The topological polar surface area (TPSA) is 54.0 Å². The van der Waals surface area contributed by atoms with Crippen LogP contribution in [0.4, 0.5) is 4.79 Å². The van der Waals surface area contributed by atoms with Gasteiger partial charge in [0.25, 0.3) is 0 Å². The predicted molar refractivity (Wildman–Crippen MR) is 83.6 cm³/mol. The summed E-state index contributed by atoms with van der Waals surface area (Å²) in [5.74, 6) is 0. The number of nitrogens with zero attached hydrogens (tertiary/aromatic N) is 2. The maximum absolute atomic E-state index is 11.7. The van der Waals surface area contributed by atoms with Crippen LogP contribution in [0.5, 0.6) is 0 Å². The fourth-order valence-corrected chi connectivity index (χ4v) is 2.06. The molecule has 0 aromatic carbocycles. The summed E-state index contributed by atoms with van der Waals surface area (Å²) < 4.78 is 10.6. The Morgan fingerprint density at radius 3 is 2.57 bits per heavy atom. The zero-order valence-electron chi connectivity index (χ0n) is 14.0. The Labute approximate surface area is 128 Å². The molecule has 0 atom stereocenters. The van der Waals surface area contributed by atoms with Crippen molar-refractivity contribution in [2.24, 2.45) is 0 Å². The molecule has 1 amide bonds. The lowest BCUT2D eigenvalue weighted by Crippen LogP contribution is -2.39. The molecule has 0 bridgehead atoms. The Morgan fingerprint density at radius 2 is 1.95 bits per heavy atom. The van der Waals surface area contributed by atoms with Crippen molar-refractivity contribution < 1.29 is 14.3 Å². The van der Waals surface area contributed by atoms with Gasteiger partial charge in [-0.05, 0) is 40.3 Å². The highest BCUT2D eigenvalue weighted by Crippen LogP contribution is 2.08. The van der Waals surface area contributed by atoms with Crippen LogP contribution in [0.15, 0.2) is 0 Å². The van der Waals surface area contributed by atoms with E-state index in [0.717, 1.165) is 52.4 Å². The fourth-order valence-electron chi connectivity index (χ4n) is 2.06. The highest BCUT2D eigenvalue weighted by molar-refractivity contribution is 5.67. The summed E-state index contributed by atoms with van der Waals surface area (Å²) in [6, 6.07) is 0. The van der Waals surface area contributed by atoms with Crippen LogP contribution in [0.25, 0.3) is 0 Å². The van der Waals surface area contributed by atoms with Crippen molar-refractivity contribution in [3.63, 3.8) is 0 Å². The highest BCUT2D eigenvalue weighted by Gasteiger charge is 2.19. The smallest absolute Gasteiger partial charge is 0.410 e. The van der Waals surface area contributed by atoms with Gasteiger partial charge in [-0.2, -0.15) is 0 Å². The molecule has 1 heterocycles. The Hall–Kier alpha value is -0.850. The third-order valence-electron chi connectivity index (χ3n) is 3.26. The summed E-state index contributed by atoms with van der Waals surface area (Å²) in [6.07, 6.45) is 0.855. The number of morpholine rings is 1. The molecule has 0 aliphatic carbocycles. The van der Waals surface area contributed by atoms with Gasteiger partial charge in [-0.25, -0.2) is 4.79 Å². The van der Waals surface area contributed by atoms with Gasteiger partial charge in [0, 0.05) is 33.2 Å². The molecule has 1 fully saturated rings. The van der Waals surface area contributed by atoms with E-state index in [1.165, 1.54) is 0 Å². The van der Waals surface area contributed by atoms with Crippen LogP contribution < -0.4 is 5.32 Å². The first kappa shape index (κ1) is 18.2. The summed E-state index contributed by atoms with van der Waals surface area (Å²) in [6.45, 7) is 13.0. The third-order valence-corrected chi connectivity index (χ3v) is 3.26. The largest absolute Gasteiger partial charge is 0.444 e. The van der Waals surface area contributed by atoms with E-state index in [4.69, 9.17) is 9.47 Å². The van der Waals surface area contributed by atoms with Crippen LogP contribution in [-0.4, -0.2) is 81.0 Å².